The van der Waals surface area contributed by atoms with E-state index in [0.29, 0.717) is 6.29 Å². The summed E-state index contributed by atoms with van der Waals surface area (Å²) in [6.45, 7) is -6.25. The van der Waals surface area contributed by atoms with E-state index in [9.17, 15) is 76.7 Å². The molecule has 0 aliphatic rings. The van der Waals surface area contributed by atoms with Crippen LogP contribution in [-0.2, 0) is 95.7 Å². The van der Waals surface area contributed by atoms with E-state index < -0.39 is 180 Å². The molecular formula is C43H74N14O20. The number of aldehydes is 1. The van der Waals surface area contributed by atoms with Crippen LogP contribution in [0.25, 0.3) is 0 Å². The van der Waals surface area contributed by atoms with Gasteiger partial charge in [-0.25, -0.2) is 0 Å². The molecule has 0 atom stereocenters. The van der Waals surface area contributed by atoms with Gasteiger partial charge in [-0.2, -0.15) is 0 Å². The molecule has 77 heavy (non-hydrogen) atoms. The molecule has 0 fully saturated rings. The van der Waals surface area contributed by atoms with Crippen LogP contribution in [0.2, 0.25) is 0 Å². The average Bonchev–Trinajstić information content (AvgIpc) is 3.40. The minimum Gasteiger partial charge on any atom is -0.468 e. The molecule has 0 aromatic rings. The van der Waals surface area contributed by atoms with Gasteiger partial charge in [0.2, 0.25) is 70.9 Å². The molecular weight excluding hydrogens is 1030 g/mol. The van der Waals surface area contributed by atoms with E-state index >= 15 is 0 Å². The van der Waals surface area contributed by atoms with Crippen LogP contribution in [0.4, 0.5) is 0 Å². The Hall–Kier alpha value is -8.40. The predicted octanol–water partition coefficient (Wildman–Crippen LogP) is -10.3. The van der Waals surface area contributed by atoms with Gasteiger partial charge < -0.3 is 96.5 Å². The number of carbonyl (C=O) groups excluding carboxylic acids is 16. The first-order valence-electron chi connectivity index (χ1n) is 23.1. The molecule has 0 rings (SSSR count). The Kier molecular flexibility index (Phi) is 42.6. The molecule has 34 heteroatoms. The SMILES string of the molecule is CC.CNCC(=O)NCC(=O)N(CC=O)CC(=O)NCC(=O)NCC(=O)N(CC(=O)NCCNC(=O)CN(CC(=O)OC)C(=O)CNC(=O)CNC(=O)CN(CC(=O)OC)C(=O)CNC(=O)CNC)CC(=O)OC.COC. The largest absolute Gasteiger partial charge is 0.468 e. The van der Waals surface area contributed by atoms with Gasteiger partial charge in [-0.3, -0.25) is 71.9 Å². The van der Waals surface area contributed by atoms with Crippen LogP contribution in [0.5, 0.6) is 0 Å². The molecule has 0 saturated heterocycles. The molecule has 10 N–H and O–H groups in total. The third-order valence-corrected chi connectivity index (χ3v) is 8.77. The van der Waals surface area contributed by atoms with Crippen LogP contribution >= 0.6 is 0 Å². The molecule has 0 saturated carbocycles. The minimum atomic E-state index is -0.953. The van der Waals surface area contributed by atoms with E-state index in [1.807, 2.05) is 13.8 Å². The van der Waals surface area contributed by atoms with Crippen LogP contribution in [0, 0.1) is 0 Å². The van der Waals surface area contributed by atoms with Crippen molar-refractivity contribution in [2.45, 2.75) is 13.8 Å². The molecule has 34 nitrogen and oxygen atoms in total. The summed E-state index contributed by atoms with van der Waals surface area (Å²) >= 11 is 0. The summed E-state index contributed by atoms with van der Waals surface area (Å²) in [5.41, 5.74) is 0. The second-order valence-electron chi connectivity index (χ2n) is 14.7. The molecule has 0 aliphatic carbocycles. The predicted molar refractivity (Wildman–Crippen MR) is 265 cm³/mol. The lowest BCUT2D eigenvalue weighted by Crippen LogP contribution is -2.50. The smallest absolute Gasteiger partial charge is 0.325 e. The summed E-state index contributed by atoms with van der Waals surface area (Å²) in [5.74, 6) is -12.6. The van der Waals surface area contributed by atoms with Gasteiger partial charge in [-0.05, 0) is 14.1 Å². The number of hydrogen-bond acceptors (Lipinski definition) is 22. The van der Waals surface area contributed by atoms with Crippen molar-refractivity contribution in [2.75, 3.05) is 167 Å². The fourth-order valence-corrected chi connectivity index (χ4v) is 5.10. The Labute approximate surface area is 444 Å². The number of rotatable bonds is 35. The highest BCUT2D eigenvalue weighted by Crippen LogP contribution is 1.96. The number of nitrogens with one attached hydrogen (secondary N) is 10. The highest BCUT2D eigenvalue weighted by Gasteiger charge is 2.25. The third kappa shape index (κ3) is 37.9. The van der Waals surface area contributed by atoms with Crippen molar-refractivity contribution in [3.05, 3.63) is 0 Å². The van der Waals surface area contributed by atoms with Gasteiger partial charge in [-0.15, -0.1) is 0 Å². The van der Waals surface area contributed by atoms with Crippen LogP contribution < -0.4 is 53.2 Å². The van der Waals surface area contributed by atoms with Gasteiger partial charge in [0.1, 0.15) is 52.1 Å². The van der Waals surface area contributed by atoms with E-state index in [0.717, 1.165) is 40.9 Å². The van der Waals surface area contributed by atoms with Crippen LogP contribution in [-0.4, -0.2) is 282 Å². The fraction of sp³-hybridized carbons (Fsp3) is 0.628. The van der Waals surface area contributed by atoms with E-state index in [4.69, 9.17) is 0 Å². The van der Waals surface area contributed by atoms with Crippen LogP contribution in [0.1, 0.15) is 13.8 Å². The lowest BCUT2D eigenvalue weighted by atomic mass is 10.3. The molecule has 0 aromatic heterocycles. The first-order valence-corrected chi connectivity index (χ1v) is 23.1. The second kappa shape index (κ2) is 45.0. The Morgan fingerprint density at radius 2 is 0.571 bits per heavy atom. The Morgan fingerprint density at radius 1 is 0.338 bits per heavy atom. The number of amides is 12. The molecule has 0 unspecified atom stereocenters. The molecule has 0 radical (unpaired) electrons. The van der Waals surface area contributed by atoms with Crippen molar-refractivity contribution in [3.8, 4) is 0 Å². The lowest BCUT2D eigenvalue weighted by Gasteiger charge is -2.22. The van der Waals surface area contributed by atoms with Crippen molar-refractivity contribution in [1.29, 1.82) is 0 Å². The van der Waals surface area contributed by atoms with Gasteiger partial charge in [0.25, 0.3) is 0 Å². The Bertz CT molecular complexity index is 1990. The van der Waals surface area contributed by atoms with E-state index in [1.54, 1.807) is 14.2 Å². The maximum atomic E-state index is 12.9. The summed E-state index contributed by atoms with van der Waals surface area (Å²) in [5, 5.41) is 23.2. The number of methoxy groups -OCH3 is 4. The Morgan fingerprint density at radius 3 is 0.831 bits per heavy atom. The highest BCUT2D eigenvalue weighted by atomic mass is 16.5. The van der Waals surface area contributed by atoms with E-state index in [1.165, 1.54) is 14.1 Å². The lowest BCUT2D eigenvalue weighted by molar-refractivity contribution is -0.148. The van der Waals surface area contributed by atoms with E-state index in [-0.39, 0.29) is 26.2 Å². The summed E-state index contributed by atoms with van der Waals surface area (Å²) in [7, 11) is 9.32. The normalized spacial score (nSPS) is 9.73. The monoisotopic (exact) mass is 1110 g/mol. The quantitative estimate of drug-likeness (QED) is 0.0122. The maximum absolute atomic E-state index is 12.9. The number of likely N-dealkylation sites (N-methyl/N-ethyl adjacent to an activating group) is 2. The van der Waals surface area contributed by atoms with Gasteiger partial charge in [0.15, 0.2) is 0 Å². The second-order valence-corrected chi connectivity index (χ2v) is 14.7. The van der Waals surface area contributed by atoms with Crippen molar-refractivity contribution in [2.24, 2.45) is 0 Å². The van der Waals surface area contributed by atoms with Crippen molar-refractivity contribution in [3.63, 3.8) is 0 Å². The minimum absolute atomic E-state index is 0.0864. The number of nitrogens with zero attached hydrogens (tertiary/aromatic N) is 4. The first-order chi connectivity index (χ1) is 36.5. The molecule has 0 bridgehead atoms. The molecule has 0 spiro atoms. The molecule has 0 aromatic carbocycles. The number of ether oxygens (including phenoxy) is 4. The van der Waals surface area contributed by atoms with Crippen LogP contribution in [0.3, 0.4) is 0 Å². The first kappa shape index (κ1) is 72.8. The van der Waals surface area contributed by atoms with Gasteiger partial charge in [0, 0.05) is 27.3 Å². The standard InChI is InChI=1S/C39H62N14O19.C2H6O.C2H6/c1-40-10-25(55)46-14-33(63)50(8-9-54)18-31(61)44-12-27(57)48-16-35(65)51(22-37(67)70-3)19-29(59)42-6-7-43-30(60)20-52(23-38(68)71-4)36(66)17-49-28(58)13-45-32(62)21-53(24-39(69)72-5)34(64)15-47-26(56)11-41-2;1-3-2;1-2/h9,40-41H,6-8,10-24H2,1-5H3,(H,42,59)(H,43,60)(H,44,61)(H,45,62)(H,46,55)(H,47,56)(H,48,57)(H,49,58);1-2H3;1-2H3. The highest BCUT2D eigenvalue weighted by molar-refractivity contribution is 5.95. The molecule has 12 amide bonds. The molecule has 0 heterocycles. The molecule has 0 aliphatic heterocycles. The number of hydrogen-bond donors (Lipinski definition) is 10. The summed E-state index contributed by atoms with van der Waals surface area (Å²) < 4.78 is 17.9. The molecule has 436 valence electrons. The maximum Gasteiger partial charge on any atom is 0.325 e. The number of esters is 3. The zero-order valence-electron chi connectivity index (χ0n) is 44.8. The Balaban J connectivity index is -0.0000105. The van der Waals surface area contributed by atoms with Crippen LogP contribution in [0.15, 0.2) is 0 Å². The average molecular weight is 1110 g/mol. The summed E-state index contributed by atoms with van der Waals surface area (Å²) in [6.07, 6.45) is 0.349. The van der Waals surface area contributed by atoms with Crippen molar-refractivity contribution < 1.29 is 95.7 Å². The van der Waals surface area contributed by atoms with Crippen molar-refractivity contribution >= 4 is 95.1 Å². The van der Waals surface area contributed by atoms with Crippen molar-refractivity contribution in [1.82, 2.24) is 72.8 Å². The fourth-order valence-electron chi connectivity index (χ4n) is 5.10. The van der Waals surface area contributed by atoms with Gasteiger partial charge in [0.05, 0.1) is 80.2 Å². The van der Waals surface area contributed by atoms with E-state index in [2.05, 4.69) is 72.1 Å². The number of carbonyl (C=O) groups is 16. The van der Waals surface area contributed by atoms with Gasteiger partial charge >= 0.3 is 17.9 Å². The topological polar surface area (TPSA) is 443 Å². The summed E-state index contributed by atoms with van der Waals surface area (Å²) in [6, 6.07) is 0. The third-order valence-electron chi connectivity index (χ3n) is 8.77. The zero-order chi connectivity index (χ0) is 59.3. The summed E-state index contributed by atoms with van der Waals surface area (Å²) in [4.78, 5) is 199. The van der Waals surface area contributed by atoms with Gasteiger partial charge in [-0.1, -0.05) is 13.8 Å². The zero-order valence-corrected chi connectivity index (χ0v) is 44.8.